The number of rotatable bonds is 5. The molecule has 0 saturated heterocycles. The second-order valence-corrected chi connectivity index (χ2v) is 5.44. The molecule has 4 nitrogen and oxygen atoms in total. The van der Waals surface area contributed by atoms with Crippen LogP contribution in [0.15, 0.2) is 36.7 Å². The van der Waals surface area contributed by atoms with Crippen molar-refractivity contribution in [2.45, 2.75) is 13.3 Å². The van der Waals surface area contributed by atoms with Crippen molar-refractivity contribution in [3.8, 4) is 5.75 Å². The number of methoxy groups -OCH3 is 1. The van der Waals surface area contributed by atoms with Crippen LogP contribution in [0, 0.1) is 18.6 Å². The number of halogens is 2. The van der Waals surface area contributed by atoms with Crippen LogP contribution in [-0.4, -0.2) is 23.6 Å². The van der Waals surface area contributed by atoms with Gasteiger partial charge in [-0.2, -0.15) is 0 Å². The molecule has 2 aromatic carbocycles. The van der Waals surface area contributed by atoms with Gasteiger partial charge in [0.15, 0.2) is 0 Å². The van der Waals surface area contributed by atoms with Crippen molar-refractivity contribution in [3.05, 3.63) is 59.4 Å². The highest BCUT2D eigenvalue weighted by atomic mass is 19.1. The highest BCUT2D eigenvalue weighted by molar-refractivity contribution is 5.89. The number of anilines is 1. The SMILES string of the molecule is COc1ccc(CCNc2ncnc3c(F)ccc(F)c23)c(C)c1. The average Bonchev–Trinajstić information content (AvgIpc) is 2.59. The van der Waals surface area contributed by atoms with Gasteiger partial charge >= 0.3 is 0 Å². The maximum Gasteiger partial charge on any atom is 0.149 e. The van der Waals surface area contributed by atoms with Crippen molar-refractivity contribution >= 4 is 16.7 Å². The molecule has 6 heteroatoms. The fraction of sp³-hybridized carbons (Fsp3) is 0.222. The molecule has 0 fully saturated rings. The summed E-state index contributed by atoms with van der Waals surface area (Å²) in [5.74, 6) is -0.00954. The summed E-state index contributed by atoms with van der Waals surface area (Å²) in [7, 11) is 1.63. The van der Waals surface area contributed by atoms with E-state index >= 15 is 0 Å². The van der Waals surface area contributed by atoms with Gasteiger partial charge in [-0.15, -0.1) is 0 Å². The Labute approximate surface area is 138 Å². The first-order valence-electron chi connectivity index (χ1n) is 7.56. The predicted molar refractivity (Wildman–Crippen MR) is 89.4 cm³/mol. The molecule has 0 spiro atoms. The lowest BCUT2D eigenvalue weighted by Gasteiger charge is -2.11. The van der Waals surface area contributed by atoms with Crippen molar-refractivity contribution < 1.29 is 13.5 Å². The van der Waals surface area contributed by atoms with Gasteiger partial charge in [0.05, 0.1) is 12.5 Å². The lowest BCUT2D eigenvalue weighted by atomic mass is 10.1. The van der Waals surface area contributed by atoms with Crippen LogP contribution in [0.3, 0.4) is 0 Å². The van der Waals surface area contributed by atoms with E-state index in [4.69, 9.17) is 4.74 Å². The maximum absolute atomic E-state index is 14.0. The number of hydrogen-bond acceptors (Lipinski definition) is 4. The smallest absolute Gasteiger partial charge is 0.149 e. The van der Waals surface area contributed by atoms with Gasteiger partial charge in [0.25, 0.3) is 0 Å². The molecule has 1 aromatic heterocycles. The van der Waals surface area contributed by atoms with Gasteiger partial charge < -0.3 is 10.1 Å². The molecular formula is C18H17F2N3O. The van der Waals surface area contributed by atoms with Crippen molar-refractivity contribution in [1.82, 2.24) is 9.97 Å². The zero-order chi connectivity index (χ0) is 17.1. The Morgan fingerprint density at radius 2 is 1.88 bits per heavy atom. The first-order chi connectivity index (χ1) is 11.6. The topological polar surface area (TPSA) is 47.0 Å². The van der Waals surface area contributed by atoms with E-state index in [1.165, 1.54) is 6.33 Å². The van der Waals surface area contributed by atoms with Gasteiger partial charge in [0.2, 0.25) is 0 Å². The Morgan fingerprint density at radius 1 is 1.08 bits per heavy atom. The Kier molecular flexibility index (Phi) is 4.55. The highest BCUT2D eigenvalue weighted by Crippen LogP contribution is 2.25. The third-order valence-corrected chi connectivity index (χ3v) is 3.92. The van der Waals surface area contributed by atoms with E-state index < -0.39 is 11.6 Å². The number of aryl methyl sites for hydroxylation is 1. The molecule has 3 rings (SSSR count). The lowest BCUT2D eigenvalue weighted by Crippen LogP contribution is -2.09. The van der Waals surface area contributed by atoms with Crippen molar-refractivity contribution in [2.24, 2.45) is 0 Å². The van der Waals surface area contributed by atoms with E-state index in [0.29, 0.717) is 12.4 Å². The van der Waals surface area contributed by atoms with Gasteiger partial charge in [0.1, 0.15) is 35.0 Å². The number of nitrogens with one attached hydrogen (secondary N) is 1. The van der Waals surface area contributed by atoms with Crippen molar-refractivity contribution in [3.63, 3.8) is 0 Å². The average molecular weight is 329 g/mol. The molecule has 0 atom stereocenters. The molecule has 0 aliphatic heterocycles. The molecule has 0 bridgehead atoms. The summed E-state index contributed by atoms with van der Waals surface area (Å²) in [6.07, 6.45) is 1.95. The summed E-state index contributed by atoms with van der Waals surface area (Å²) in [4.78, 5) is 7.86. The summed E-state index contributed by atoms with van der Waals surface area (Å²) in [6.45, 7) is 2.54. The molecule has 24 heavy (non-hydrogen) atoms. The molecule has 0 unspecified atom stereocenters. The predicted octanol–water partition coefficient (Wildman–Crippen LogP) is 3.88. The highest BCUT2D eigenvalue weighted by Gasteiger charge is 2.12. The van der Waals surface area contributed by atoms with E-state index in [1.54, 1.807) is 7.11 Å². The van der Waals surface area contributed by atoms with Gasteiger partial charge in [-0.1, -0.05) is 6.07 Å². The van der Waals surface area contributed by atoms with Gasteiger partial charge in [0, 0.05) is 6.54 Å². The van der Waals surface area contributed by atoms with Crippen molar-refractivity contribution in [1.29, 1.82) is 0 Å². The molecule has 0 aliphatic carbocycles. The Hall–Kier alpha value is -2.76. The van der Waals surface area contributed by atoms with Crippen LogP contribution in [0.2, 0.25) is 0 Å². The fourth-order valence-corrected chi connectivity index (χ4v) is 2.63. The lowest BCUT2D eigenvalue weighted by molar-refractivity contribution is 0.414. The quantitative estimate of drug-likeness (QED) is 0.772. The molecular weight excluding hydrogens is 312 g/mol. The largest absolute Gasteiger partial charge is 0.497 e. The monoisotopic (exact) mass is 329 g/mol. The van der Waals surface area contributed by atoms with E-state index in [9.17, 15) is 8.78 Å². The van der Waals surface area contributed by atoms with Crippen LogP contribution < -0.4 is 10.1 Å². The van der Waals surface area contributed by atoms with E-state index in [0.717, 1.165) is 35.4 Å². The molecule has 3 aromatic rings. The standard InChI is InChI=1S/C18H17F2N3O/c1-11-9-13(24-2)4-3-12(11)7-8-21-18-16-14(19)5-6-15(20)17(16)22-10-23-18/h3-6,9-10H,7-8H2,1-2H3,(H,21,22,23). The summed E-state index contributed by atoms with van der Waals surface area (Å²) in [6, 6.07) is 8.01. The van der Waals surface area contributed by atoms with E-state index in [1.807, 2.05) is 25.1 Å². The molecule has 0 aliphatic rings. The minimum atomic E-state index is -0.567. The Morgan fingerprint density at radius 3 is 2.62 bits per heavy atom. The number of aromatic nitrogens is 2. The van der Waals surface area contributed by atoms with Gasteiger partial charge in [-0.25, -0.2) is 18.7 Å². The Balaban J connectivity index is 1.78. The molecule has 1 N–H and O–H groups in total. The molecule has 1 heterocycles. The zero-order valence-corrected chi connectivity index (χ0v) is 13.4. The van der Waals surface area contributed by atoms with Crippen LogP contribution in [0.25, 0.3) is 10.9 Å². The zero-order valence-electron chi connectivity index (χ0n) is 13.4. The second-order valence-electron chi connectivity index (χ2n) is 5.44. The van der Waals surface area contributed by atoms with Crippen LogP contribution in [0.1, 0.15) is 11.1 Å². The van der Waals surface area contributed by atoms with E-state index in [2.05, 4.69) is 15.3 Å². The fourth-order valence-electron chi connectivity index (χ4n) is 2.63. The number of nitrogens with zero attached hydrogens (tertiary/aromatic N) is 2. The maximum atomic E-state index is 14.0. The minimum absolute atomic E-state index is 0.0203. The number of fused-ring (bicyclic) bond motifs is 1. The van der Waals surface area contributed by atoms with Crippen molar-refractivity contribution in [2.75, 3.05) is 19.0 Å². The first-order valence-corrected chi connectivity index (χ1v) is 7.56. The minimum Gasteiger partial charge on any atom is -0.497 e. The molecule has 124 valence electrons. The Bertz CT molecular complexity index is 884. The molecule has 0 saturated carbocycles. The third-order valence-electron chi connectivity index (χ3n) is 3.92. The summed E-state index contributed by atoms with van der Waals surface area (Å²) < 4.78 is 33.0. The molecule has 0 radical (unpaired) electrons. The van der Waals surface area contributed by atoms with Crippen LogP contribution in [0.4, 0.5) is 14.6 Å². The van der Waals surface area contributed by atoms with Gasteiger partial charge in [-0.05, 0) is 48.7 Å². The summed E-state index contributed by atoms with van der Waals surface area (Å²) >= 11 is 0. The summed E-state index contributed by atoms with van der Waals surface area (Å²) in [5.41, 5.74) is 2.24. The van der Waals surface area contributed by atoms with Gasteiger partial charge in [-0.3, -0.25) is 0 Å². The van der Waals surface area contributed by atoms with E-state index in [-0.39, 0.29) is 10.9 Å². The normalized spacial score (nSPS) is 10.8. The van der Waals surface area contributed by atoms with Crippen LogP contribution in [0.5, 0.6) is 5.75 Å². The third kappa shape index (κ3) is 3.13. The van der Waals surface area contributed by atoms with Crippen LogP contribution in [-0.2, 0) is 6.42 Å². The number of hydrogen-bond donors (Lipinski definition) is 1. The van der Waals surface area contributed by atoms with Crippen LogP contribution >= 0.6 is 0 Å². The number of ether oxygens (including phenoxy) is 1. The number of benzene rings is 2. The molecule has 0 amide bonds. The first kappa shape index (κ1) is 16.1. The second kappa shape index (κ2) is 6.78. The summed E-state index contributed by atoms with van der Waals surface area (Å²) in [5, 5.41) is 3.14.